The molecule has 1 nitrogen and oxygen atoms in total. The van der Waals surface area contributed by atoms with E-state index in [0.717, 1.165) is 0 Å². The highest BCUT2D eigenvalue weighted by Crippen LogP contribution is 2.02. The van der Waals surface area contributed by atoms with Crippen molar-refractivity contribution >= 4 is 0 Å². The summed E-state index contributed by atoms with van der Waals surface area (Å²) in [4.78, 5) is 3.25. The summed E-state index contributed by atoms with van der Waals surface area (Å²) in [5.74, 6) is 0. The van der Waals surface area contributed by atoms with Gasteiger partial charge in [0.05, 0.1) is 0 Å². The van der Waals surface area contributed by atoms with E-state index < -0.39 is 0 Å². The van der Waals surface area contributed by atoms with E-state index in [1.165, 1.54) is 37.8 Å². The quantitative estimate of drug-likeness (QED) is 0.594. The van der Waals surface area contributed by atoms with E-state index >= 15 is 0 Å². The summed E-state index contributed by atoms with van der Waals surface area (Å²) < 4.78 is 0. The van der Waals surface area contributed by atoms with Crippen molar-refractivity contribution in [1.82, 2.24) is 0 Å². The van der Waals surface area contributed by atoms with Crippen LogP contribution >= 0.6 is 0 Å². The standard InChI is InChI=1S/C11H17N/c1-2-3-4-5-8-11-9-6-7-10-12-11/h6-7,9-10H,2-5,8H2,1H3/p+1. The van der Waals surface area contributed by atoms with Crippen LogP contribution < -0.4 is 4.98 Å². The maximum atomic E-state index is 3.25. The molecular formula is C11H18N+. The van der Waals surface area contributed by atoms with Crippen LogP contribution in [0.1, 0.15) is 38.3 Å². The highest BCUT2D eigenvalue weighted by molar-refractivity contribution is 4.96. The lowest BCUT2D eigenvalue weighted by molar-refractivity contribution is -0.390. The first-order valence-electron chi connectivity index (χ1n) is 4.89. The predicted molar refractivity (Wildman–Crippen MR) is 50.8 cm³/mol. The fraction of sp³-hybridized carbons (Fsp3) is 0.545. The van der Waals surface area contributed by atoms with Gasteiger partial charge in [-0.2, -0.15) is 0 Å². The van der Waals surface area contributed by atoms with E-state index in [-0.39, 0.29) is 0 Å². The number of aryl methyl sites for hydroxylation is 1. The maximum Gasteiger partial charge on any atom is 0.179 e. The molecule has 0 aliphatic rings. The first kappa shape index (κ1) is 9.24. The molecule has 0 aromatic carbocycles. The van der Waals surface area contributed by atoms with Gasteiger partial charge in [0, 0.05) is 18.6 Å². The van der Waals surface area contributed by atoms with Crippen molar-refractivity contribution in [2.45, 2.75) is 39.0 Å². The second-order valence-electron chi connectivity index (χ2n) is 3.20. The first-order chi connectivity index (χ1) is 5.93. The van der Waals surface area contributed by atoms with Gasteiger partial charge in [0.1, 0.15) is 0 Å². The number of hydrogen-bond donors (Lipinski definition) is 0. The molecule has 0 spiro atoms. The molecule has 0 radical (unpaired) electrons. The van der Waals surface area contributed by atoms with Gasteiger partial charge < -0.3 is 0 Å². The van der Waals surface area contributed by atoms with Gasteiger partial charge in [0.25, 0.3) is 0 Å². The molecule has 0 atom stereocenters. The van der Waals surface area contributed by atoms with Gasteiger partial charge >= 0.3 is 0 Å². The van der Waals surface area contributed by atoms with Crippen molar-refractivity contribution in [2.75, 3.05) is 0 Å². The fourth-order valence-electron chi connectivity index (χ4n) is 1.33. The van der Waals surface area contributed by atoms with Crippen LogP contribution in [0.4, 0.5) is 0 Å². The number of hydrogen-bond acceptors (Lipinski definition) is 0. The summed E-state index contributed by atoms with van der Waals surface area (Å²) in [6.07, 6.45) is 8.55. The van der Waals surface area contributed by atoms with Crippen molar-refractivity contribution in [2.24, 2.45) is 0 Å². The van der Waals surface area contributed by atoms with Gasteiger partial charge in [-0.1, -0.05) is 32.3 Å². The van der Waals surface area contributed by atoms with Gasteiger partial charge in [0.2, 0.25) is 0 Å². The summed E-state index contributed by atoms with van der Waals surface area (Å²) >= 11 is 0. The van der Waals surface area contributed by atoms with E-state index in [0.29, 0.717) is 0 Å². The molecule has 1 rings (SSSR count). The Hall–Kier alpha value is -0.850. The van der Waals surface area contributed by atoms with Crippen LogP contribution in [0.2, 0.25) is 0 Å². The minimum atomic E-state index is 1.20. The van der Waals surface area contributed by atoms with Gasteiger partial charge in [-0.25, -0.2) is 4.98 Å². The maximum absolute atomic E-state index is 3.25. The smallest absolute Gasteiger partial charge is 0.179 e. The van der Waals surface area contributed by atoms with Gasteiger partial charge in [-0.05, 0) is 6.42 Å². The van der Waals surface area contributed by atoms with Gasteiger partial charge in [0.15, 0.2) is 11.9 Å². The van der Waals surface area contributed by atoms with Crippen LogP contribution in [0.5, 0.6) is 0 Å². The Balaban J connectivity index is 2.16. The van der Waals surface area contributed by atoms with Gasteiger partial charge in [-0.15, -0.1) is 0 Å². The zero-order valence-electron chi connectivity index (χ0n) is 7.84. The van der Waals surface area contributed by atoms with E-state index in [1.807, 2.05) is 12.3 Å². The van der Waals surface area contributed by atoms with E-state index in [1.54, 1.807) is 0 Å². The SMILES string of the molecule is CCCCCCc1cccc[nH+]1. The summed E-state index contributed by atoms with van der Waals surface area (Å²) in [6, 6.07) is 6.27. The van der Waals surface area contributed by atoms with Crippen molar-refractivity contribution in [3.8, 4) is 0 Å². The Labute approximate surface area is 74.8 Å². The third-order valence-electron chi connectivity index (χ3n) is 2.07. The molecule has 12 heavy (non-hydrogen) atoms. The number of pyridine rings is 1. The highest BCUT2D eigenvalue weighted by Gasteiger charge is 1.97. The molecule has 0 aliphatic carbocycles. The summed E-state index contributed by atoms with van der Waals surface area (Å²) in [5.41, 5.74) is 1.36. The molecule has 66 valence electrons. The summed E-state index contributed by atoms with van der Waals surface area (Å²) in [5, 5.41) is 0. The minimum absolute atomic E-state index is 1.20. The van der Waals surface area contributed by atoms with Crippen LogP contribution in [-0.2, 0) is 6.42 Å². The topological polar surface area (TPSA) is 14.1 Å². The molecular weight excluding hydrogens is 146 g/mol. The molecule has 0 bridgehead atoms. The number of aromatic amines is 1. The molecule has 0 amide bonds. The van der Waals surface area contributed by atoms with Crippen LogP contribution in [0.3, 0.4) is 0 Å². The van der Waals surface area contributed by atoms with E-state index in [2.05, 4.69) is 24.0 Å². The van der Waals surface area contributed by atoms with E-state index in [4.69, 9.17) is 0 Å². The van der Waals surface area contributed by atoms with Crippen LogP contribution in [0, 0.1) is 0 Å². The number of nitrogens with one attached hydrogen (secondary N) is 1. The molecule has 0 aliphatic heterocycles. The molecule has 0 saturated carbocycles. The largest absolute Gasteiger partial charge is 0.215 e. The zero-order chi connectivity index (χ0) is 8.65. The fourth-order valence-corrected chi connectivity index (χ4v) is 1.33. The Morgan fingerprint density at radius 1 is 1.17 bits per heavy atom. The Morgan fingerprint density at radius 2 is 2.08 bits per heavy atom. The van der Waals surface area contributed by atoms with Crippen LogP contribution in [0.15, 0.2) is 24.4 Å². The van der Waals surface area contributed by atoms with Crippen LogP contribution in [-0.4, -0.2) is 0 Å². The lowest BCUT2D eigenvalue weighted by atomic mass is 10.1. The molecule has 1 N–H and O–H groups in total. The molecule has 1 aromatic heterocycles. The molecule has 0 unspecified atom stereocenters. The van der Waals surface area contributed by atoms with Crippen molar-refractivity contribution < 1.29 is 4.98 Å². The monoisotopic (exact) mass is 164 g/mol. The predicted octanol–water partition coefficient (Wildman–Crippen LogP) is 2.62. The summed E-state index contributed by atoms with van der Waals surface area (Å²) in [6.45, 7) is 2.24. The number of aromatic nitrogens is 1. The van der Waals surface area contributed by atoms with E-state index in [9.17, 15) is 0 Å². The minimum Gasteiger partial charge on any atom is -0.215 e. The summed E-state index contributed by atoms with van der Waals surface area (Å²) in [7, 11) is 0. The first-order valence-corrected chi connectivity index (χ1v) is 4.89. The molecule has 1 aromatic rings. The molecule has 0 saturated heterocycles. The molecule has 0 fully saturated rings. The van der Waals surface area contributed by atoms with Crippen molar-refractivity contribution in [3.05, 3.63) is 30.1 Å². The molecule has 1 heterocycles. The van der Waals surface area contributed by atoms with Crippen molar-refractivity contribution in [1.29, 1.82) is 0 Å². The normalized spacial score (nSPS) is 10.1. The van der Waals surface area contributed by atoms with Crippen molar-refractivity contribution in [3.63, 3.8) is 0 Å². The Kier molecular flexibility index (Phi) is 4.43. The highest BCUT2D eigenvalue weighted by atomic mass is 14.7. The third kappa shape index (κ3) is 3.51. The Bertz CT molecular complexity index is 193. The van der Waals surface area contributed by atoms with Gasteiger partial charge in [-0.3, -0.25) is 0 Å². The number of rotatable bonds is 5. The number of H-pyrrole nitrogens is 1. The second kappa shape index (κ2) is 5.76. The molecule has 1 heteroatoms. The third-order valence-corrected chi connectivity index (χ3v) is 2.07. The zero-order valence-corrected chi connectivity index (χ0v) is 7.84. The average molecular weight is 164 g/mol. The second-order valence-corrected chi connectivity index (χ2v) is 3.20. The number of unbranched alkanes of at least 4 members (excludes halogenated alkanes) is 3. The lowest BCUT2D eigenvalue weighted by Gasteiger charge is -1.94. The lowest BCUT2D eigenvalue weighted by Crippen LogP contribution is -2.08. The average Bonchev–Trinajstić information content (AvgIpc) is 2.14. The van der Waals surface area contributed by atoms with Crippen LogP contribution in [0.25, 0.3) is 0 Å². The Morgan fingerprint density at radius 3 is 2.75 bits per heavy atom.